The van der Waals surface area contributed by atoms with Crippen molar-refractivity contribution in [1.29, 1.82) is 0 Å². The number of hydrogen-bond donors (Lipinski definition) is 0. The van der Waals surface area contributed by atoms with E-state index in [0.717, 1.165) is 6.42 Å². The van der Waals surface area contributed by atoms with Crippen LogP contribution in [0.4, 0.5) is 0 Å². The highest BCUT2D eigenvalue weighted by atomic mass is 16.6. The Morgan fingerprint density at radius 2 is 2.28 bits per heavy atom. The topological polar surface area (TPSA) is 78.7 Å². The molecular formula is C12H17NO5. The maximum Gasteiger partial charge on any atom is 0.260 e. The fourth-order valence-corrected chi connectivity index (χ4v) is 1.76. The van der Waals surface area contributed by atoms with Crippen LogP contribution in [-0.2, 0) is 14.3 Å². The van der Waals surface area contributed by atoms with Gasteiger partial charge in [-0.3, -0.25) is 14.9 Å². The summed E-state index contributed by atoms with van der Waals surface area (Å²) in [6.45, 7) is 3.73. The van der Waals surface area contributed by atoms with Crippen molar-refractivity contribution in [1.82, 2.24) is 0 Å². The number of nitrogens with zero attached hydrogens (tertiary/aromatic N) is 1. The average molecular weight is 255 g/mol. The lowest BCUT2D eigenvalue weighted by atomic mass is 9.91. The quantitative estimate of drug-likeness (QED) is 0.536. The zero-order valence-corrected chi connectivity index (χ0v) is 10.8. The van der Waals surface area contributed by atoms with Gasteiger partial charge in [0.1, 0.15) is 17.5 Å². The van der Waals surface area contributed by atoms with Crippen molar-refractivity contribution < 1.29 is 19.2 Å². The van der Waals surface area contributed by atoms with E-state index in [1.165, 1.54) is 20.1 Å². The molecule has 18 heavy (non-hydrogen) atoms. The summed E-state index contributed by atoms with van der Waals surface area (Å²) < 4.78 is 10.6. The minimum Gasteiger partial charge on any atom is -0.497 e. The largest absolute Gasteiger partial charge is 0.497 e. The summed E-state index contributed by atoms with van der Waals surface area (Å²) in [4.78, 5) is 21.8. The number of carbonyl (C=O) groups is 1. The maximum absolute atomic E-state index is 11.4. The Morgan fingerprint density at radius 3 is 2.72 bits per heavy atom. The number of hydrogen-bond acceptors (Lipinski definition) is 5. The maximum atomic E-state index is 11.4. The van der Waals surface area contributed by atoms with Crippen molar-refractivity contribution >= 4 is 5.78 Å². The van der Waals surface area contributed by atoms with Crippen LogP contribution in [0.3, 0.4) is 0 Å². The van der Waals surface area contributed by atoms with Crippen LogP contribution < -0.4 is 0 Å². The first-order valence-electron chi connectivity index (χ1n) is 5.77. The van der Waals surface area contributed by atoms with E-state index in [2.05, 4.69) is 0 Å². The standard InChI is InChI=1S/C12H17NO5/c1-4-5-18-12-7-10(13(15)16)9(8(2)14)6-11(12)17-3/h7,9H,4-6H2,1-3H3. The van der Waals surface area contributed by atoms with Gasteiger partial charge in [0.2, 0.25) is 0 Å². The molecule has 1 rings (SSSR count). The van der Waals surface area contributed by atoms with Crippen LogP contribution in [-0.4, -0.2) is 24.4 Å². The molecule has 0 N–H and O–H groups in total. The lowest BCUT2D eigenvalue weighted by Gasteiger charge is -2.20. The SMILES string of the molecule is CCCOC1=C(OC)CC(C(C)=O)C([N+](=O)[O-])=C1. The number of rotatable bonds is 6. The molecule has 0 spiro atoms. The van der Waals surface area contributed by atoms with Crippen LogP contribution in [0.5, 0.6) is 0 Å². The summed E-state index contributed by atoms with van der Waals surface area (Å²) >= 11 is 0. The first-order chi connectivity index (χ1) is 8.51. The molecule has 0 bridgehead atoms. The van der Waals surface area contributed by atoms with Crippen LogP contribution in [0.15, 0.2) is 23.3 Å². The summed E-state index contributed by atoms with van der Waals surface area (Å²) in [5.74, 6) is -0.177. The summed E-state index contributed by atoms with van der Waals surface area (Å²) in [6.07, 6.45) is 2.26. The van der Waals surface area contributed by atoms with Crippen molar-refractivity contribution in [2.75, 3.05) is 13.7 Å². The van der Waals surface area contributed by atoms with E-state index < -0.39 is 10.8 Å². The van der Waals surface area contributed by atoms with Gasteiger partial charge < -0.3 is 9.47 Å². The molecule has 0 saturated heterocycles. The first kappa shape index (κ1) is 14.2. The van der Waals surface area contributed by atoms with Gasteiger partial charge in [0.15, 0.2) is 5.76 Å². The predicted molar refractivity (Wildman–Crippen MR) is 64.1 cm³/mol. The summed E-state index contributed by atoms with van der Waals surface area (Å²) in [5, 5.41) is 10.9. The summed E-state index contributed by atoms with van der Waals surface area (Å²) in [5.41, 5.74) is -0.130. The van der Waals surface area contributed by atoms with Crippen molar-refractivity contribution in [2.45, 2.75) is 26.7 Å². The Balaban J connectivity index is 3.08. The van der Waals surface area contributed by atoms with Crippen LogP contribution in [0.25, 0.3) is 0 Å². The fourth-order valence-electron chi connectivity index (χ4n) is 1.76. The smallest absolute Gasteiger partial charge is 0.260 e. The minimum atomic E-state index is -0.760. The van der Waals surface area contributed by atoms with E-state index in [9.17, 15) is 14.9 Å². The van der Waals surface area contributed by atoms with Gasteiger partial charge in [-0.05, 0) is 13.3 Å². The number of ketones is 1. The van der Waals surface area contributed by atoms with Gasteiger partial charge in [-0.25, -0.2) is 0 Å². The molecule has 6 heteroatoms. The number of methoxy groups -OCH3 is 1. The summed E-state index contributed by atoms with van der Waals surface area (Å²) in [7, 11) is 1.47. The van der Waals surface area contributed by atoms with Gasteiger partial charge >= 0.3 is 0 Å². The van der Waals surface area contributed by atoms with Gasteiger partial charge in [0, 0.05) is 6.42 Å². The van der Waals surface area contributed by atoms with Gasteiger partial charge in [-0.2, -0.15) is 0 Å². The third-order valence-corrected chi connectivity index (χ3v) is 2.71. The third kappa shape index (κ3) is 3.09. The van der Waals surface area contributed by atoms with Gasteiger partial charge in [0.25, 0.3) is 5.70 Å². The lowest BCUT2D eigenvalue weighted by molar-refractivity contribution is -0.432. The molecule has 0 aromatic rings. The first-order valence-corrected chi connectivity index (χ1v) is 5.77. The molecule has 0 heterocycles. The van der Waals surface area contributed by atoms with Crippen molar-refractivity contribution in [3.8, 4) is 0 Å². The highest BCUT2D eigenvalue weighted by Gasteiger charge is 2.35. The zero-order chi connectivity index (χ0) is 13.7. The van der Waals surface area contributed by atoms with Crippen LogP contribution in [0, 0.1) is 16.0 Å². The van der Waals surface area contributed by atoms with E-state index in [0.29, 0.717) is 18.1 Å². The number of nitro groups is 1. The molecule has 0 fully saturated rings. The molecule has 1 atom stereocenters. The Morgan fingerprint density at radius 1 is 1.61 bits per heavy atom. The fraction of sp³-hybridized carbons (Fsp3) is 0.583. The van der Waals surface area contributed by atoms with Crippen molar-refractivity contribution in [2.24, 2.45) is 5.92 Å². The van der Waals surface area contributed by atoms with E-state index in [1.54, 1.807) is 0 Å². The second kappa shape index (κ2) is 6.18. The third-order valence-electron chi connectivity index (χ3n) is 2.71. The summed E-state index contributed by atoms with van der Waals surface area (Å²) in [6, 6.07) is 0. The highest BCUT2D eigenvalue weighted by molar-refractivity contribution is 5.81. The molecule has 0 radical (unpaired) electrons. The van der Waals surface area contributed by atoms with Crippen molar-refractivity contribution in [3.05, 3.63) is 33.4 Å². The van der Waals surface area contributed by atoms with Gasteiger partial charge in [0.05, 0.1) is 24.7 Å². The molecular weight excluding hydrogens is 238 g/mol. The van der Waals surface area contributed by atoms with E-state index in [-0.39, 0.29) is 17.9 Å². The van der Waals surface area contributed by atoms with Crippen LogP contribution >= 0.6 is 0 Å². The number of Topliss-reactive ketones (excluding diaryl/α,β-unsaturated/α-hetero) is 1. The van der Waals surface area contributed by atoms with E-state index in [1.807, 2.05) is 6.92 Å². The molecule has 0 aromatic carbocycles. The second-order valence-corrected chi connectivity index (χ2v) is 4.03. The van der Waals surface area contributed by atoms with Crippen LogP contribution in [0.2, 0.25) is 0 Å². The van der Waals surface area contributed by atoms with Crippen molar-refractivity contribution in [3.63, 3.8) is 0 Å². The predicted octanol–water partition coefficient (Wildman–Crippen LogP) is 2.04. The Labute approximate surface area is 105 Å². The molecule has 6 nitrogen and oxygen atoms in total. The molecule has 0 amide bonds. The Bertz CT molecular complexity index is 411. The molecule has 1 aliphatic carbocycles. The minimum absolute atomic E-state index is 0.130. The van der Waals surface area contributed by atoms with E-state index in [4.69, 9.17) is 9.47 Å². The monoisotopic (exact) mass is 255 g/mol. The molecule has 1 unspecified atom stereocenters. The molecule has 0 aliphatic heterocycles. The second-order valence-electron chi connectivity index (χ2n) is 4.03. The van der Waals surface area contributed by atoms with Crippen LogP contribution in [0.1, 0.15) is 26.7 Å². The average Bonchev–Trinajstić information content (AvgIpc) is 2.34. The molecule has 100 valence electrons. The number of carbonyl (C=O) groups excluding carboxylic acids is 1. The molecule has 0 saturated carbocycles. The van der Waals surface area contributed by atoms with Gasteiger partial charge in [-0.15, -0.1) is 0 Å². The lowest BCUT2D eigenvalue weighted by Crippen LogP contribution is -2.24. The normalized spacial score (nSPS) is 19.3. The highest BCUT2D eigenvalue weighted by Crippen LogP contribution is 2.31. The number of ether oxygens (including phenoxy) is 2. The number of allylic oxidation sites excluding steroid dienone is 3. The van der Waals surface area contributed by atoms with Gasteiger partial charge in [-0.1, -0.05) is 6.92 Å². The Hall–Kier alpha value is -1.85. The molecule has 1 aliphatic rings. The zero-order valence-electron chi connectivity index (χ0n) is 10.8. The Kier molecular flexibility index (Phi) is 4.88. The van der Waals surface area contributed by atoms with E-state index >= 15 is 0 Å². The molecule has 0 aromatic heterocycles.